The van der Waals surface area contributed by atoms with Crippen molar-refractivity contribution in [3.05, 3.63) is 58.7 Å². The van der Waals surface area contributed by atoms with Crippen LogP contribution < -0.4 is 10.2 Å². The second kappa shape index (κ2) is 8.90. The van der Waals surface area contributed by atoms with E-state index in [1.165, 1.54) is 6.07 Å². The van der Waals surface area contributed by atoms with Crippen LogP contribution in [0, 0.1) is 13.8 Å². The number of carbonyl (C=O) groups excluding carboxylic acids is 2. The van der Waals surface area contributed by atoms with E-state index >= 15 is 0 Å². The molecule has 1 amide bonds. The van der Waals surface area contributed by atoms with Crippen LogP contribution >= 0.6 is 0 Å². The Morgan fingerprint density at radius 1 is 0.967 bits per heavy atom. The van der Waals surface area contributed by atoms with Gasteiger partial charge in [0, 0.05) is 31.5 Å². The summed E-state index contributed by atoms with van der Waals surface area (Å²) in [6, 6.07) is 8.77. The van der Waals surface area contributed by atoms with Gasteiger partial charge in [-0.15, -0.1) is 0 Å². The van der Waals surface area contributed by atoms with Gasteiger partial charge in [0.05, 0.1) is 16.9 Å². The van der Waals surface area contributed by atoms with Crippen molar-refractivity contribution in [3.8, 4) is 0 Å². The fourth-order valence-corrected chi connectivity index (χ4v) is 3.55. The van der Waals surface area contributed by atoms with Crippen LogP contribution in [0.25, 0.3) is 0 Å². The number of nitrogens with one attached hydrogen (secondary N) is 1. The number of aryl methyl sites for hydroxylation is 2. The zero-order valence-electron chi connectivity index (χ0n) is 17.1. The molecule has 0 aromatic heterocycles. The molecule has 1 heterocycles. The van der Waals surface area contributed by atoms with Crippen LogP contribution in [0.15, 0.2) is 36.4 Å². The predicted molar refractivity (Wildman–Crippen MR) is 111 cm³/mol. The van der Waals surface area contributed by atoms with Crippen LogP contribution in [0.5, 0.6) is 0 Å². The molecule has 7 heteroatoms. The zero-order valence-corrected chi connectivity index (χ0v) is 17.1. The Morgan fingerprint density at radius 2 is 1.67 bits per heavy atom. The van der Waals surface area contributed by atoms with Gasteiger partial charge < -0.3 is 10.2 Å². The number of amides is 1. The summed E-state index contributed by atoms with van der Waals surface area (Å²) in [4.78, 5) is 26.8. The van der Waals surface area contributed by atoms with E-state index in [4.69, 9.17) is 0 Å². The summed E-state index contributed by atoms with van der Waals surface area (Å²) in [6.07, 6.45) is -2.69. The highest BCUT2D eigenvalue weighted by Crippen LogP contribution is 2.36. The molecule has 3 rings (SSSR count). The highest BCUT2D eigenvalue weighted by atomic mass is 19.4. The summed E-state index contributed by atoms with van der Waals surface area (Å²) in [6.45, 7) is 5.33. The van der Waals surface area contributed by atoms with E-state index in [1.54, 1.807) is 12.1 Å². The smallest absolute Gasteiger partial charge is 0.370 e. The fourth-order valence-electron chi connectivity index (χ4n) is 3.55. The molecule has 4 nitrogen and oxygen atoms in total. The molecule has 0 saturated carbocycles. The van der Waals surface area contributed by atoms with Gasteiger partial charge >= 0.3 is 6.18 Å². The largest absolute Gasteiger partial charge is 0.416 e. The van der Waals surface area contributed by atoms with Crippen molar-refractivity contribution in [1.29, 1.82) is 0 Å². The molecule has 160 valence electrons. The molecule has 0 unspecified atom stereocenters. The first-order chi connectivity index (χ1) is 14.1. The maximum Gasteiger partial charge on any atom is 0.416 e. The molecule has 1 aliphatic rings. The van der Waals surface area contributed by atoms with Crippen molar-refractivity contribution in [2.24, 2.45) is 0 Å². The molecule has 1 fully saturated rings. The average Bonchev–Trinajstić information content (AvgIpc) is 3.22. The molecule has 0 atom stereocenters. The molecular formula is C23H25F3N2O2. The quantitative estimate of drug-likeness (QED) is 0.628. The SMILES string of the molecule is Cc1ccc(C(=O)CCC(=O)Nc2cc(C(F)(F)F)ccc2N2CCCC2)cc1C. The molecular weight excluding hydrogens is 393 g/mol. The van der Waals surface area contributed by atoms with Crippen molar-refractivity contribution in [2.45, 2.75) is 45.7 Å². The van der Waals surface area contributed by atoms with E-state index in [1.807, 2.05) is 24.8 Å². The summed E-state index contributed by atoms with van der Waals surface area (Å²) in [7, 11) is 0. The number of anilines is 2. The molecule has 30 heavy (non-hydrogen) atoms. The first kappa shape index (κ1) is 21.9. The van der Waals surface area contributed by atoms with Crippen molar-refractivity contribution >= 4 is 23.1 Å². The minimum Gasteiger partial charge on any atom is -0.370 e. The molecule has 1 saturated heterocycles. The van der Waals surface area contributed by atoms with Gasteiger partial charge in [0.2, 0.25) is 5.91 Å². The molecule has 2 aromatic carbocycles. The number of Topliss-reactive ketones (excluding diaryl/α,β-unsaturated/α-hetero) is 1. The van der Waals surface area contributed by atoms with Gasteiger partial charge in [0.25, 0.3) is 0 Å². The highest BCUT2D eigenvalue weighted by molar-refractivity contribution is 6.01. The average molecular weight is 418 g/mol. The van der Waals surface area contributed by atoms with Crippen molar-refractivity contribution in [2.75, 3.05) is 23.3 Å². The lowest BCUT2D eigenvalue weighted by Gasteiger charge is -2.23. The molecule has 1 aliphatic heterocycles. The Hall–Kier alpha value is -2.83. The minimum absolute atomic E-state index is 0.00760. The lowest BCUT2D eigenvalue weighted by atomic mass is 10.0. The third-order valence-corrected chi connectivity index (χ3v) is 5.45. The van der Waals surface area contributed by atoms with Gasteiger partial charge in [-0.25, -0.2) is 0 Å². The standard InChI is InChI=1S/C23H25F3N2O2/c1-15-5-6-17(13-16(15)2)21(29)9-10-22(30)27-19-14-18(23(24,25)26)7-8-20(19)28-11-3-4-12-28/h5-8,13-14H,3-4,9-12H2,1-2H3,(H,27,30). The lowest BCUT2D eigenvalue weighted by Crippen LogP contribution is -2.22. The van der Waals surface area contributed by atoms with Crippen molar-refractivity contribution in [1.82, 2.24) is 0 Å². The number of benzene rings is 2. The van der Waals surface area contributed by atoms with E-state index in [-0.39, 0.29) is 24.3 Å². The Bertz CT molecular complexity index is 948. The Kier molecular flexibility index (Phi) is 6.48. The highest BCUT2D eigenvalue weighted by Gasteiger charge is 2.32. The van der Waals surface area contributed by atoms with Gasteiger partial charge in [-0.2, -0.15) is 13.2 Å². The summed E-state index contributed by atoms with van der Waals surface area (Å²) < 4.78 is 39.4. The maximum absolute atomic E-state index is 13.1. The van der Waals surface area contributed by atoms with Crippen molar-refractivity contribution in [3.63, 3.8) is 0 Å². The monoisotopic (exact) mass is 418 g/mol. The van der Waals surface area contributed by atoms with Crippen LogP contribution in [0.4, 0.5) is 24.5 Å². The number of nitrogens with zero attached hydrogens (tertiary/aromatic N) is 1. The Balaban J connectivity index is 1.71. The molecule has 0 radical (unpaired) electrons. The second-order valence-corrected chi connectivity index (χ2v) is 7.69. The number of ketones is 1. The third kappa shape index (κ3) is 5.20. The summed E-state index contributed by atoms with van der Waals surface area (Å²) in [5.41, 5.74) is 2.49. The van der Waals surface area contributed by atoms with E-state index < -0.39 is 17.6 Å². The van der Waals surface area contributed by atoms with Crippen LogP contribution in [0.2, 0.25) is 0 Å². The second-order valence-electron chi connectivity index (χ2n) is 7.69. The number of alkyl halides is 3. The van der Waals surface area contributed by atoms with Crippen LogP contribution in [0.3, 0.4) is 0 Å². The topological polar surface area (TPSA) is 49.4 Å². The summed E-state index contributed by atoms with van der Waals surface area (Å²) >= 11 is 0. The fraction of sp³-hybridized carbons (Fsp3) is 0.391. The molecule has 1 N–H and O–H groups in total. The van der Waals surface area contributed by atoms with Crippen LogP contribution in [-0.2, 0) is 11.0 Å². The maximum atomic E-state index is 13.1. The molecule has 0 spiro atoms. The minimum atomic E-state index is -4.50. The van der Waals surface area contributed by atoms with E-state index in [2.05, 4.69) is 5.32 Å². The van der Waals surface area contributed by atoms with Gasteiger partial charge in [-0.05, 0) is 62.1 Å². The lowest BCUT2D eigenvalue weighted by molar-refractivity contribution is -0.137. The zero-order chi connectivity index (χ0) is 21.9. The van der Waals surface area contributed by atoms with Gasteiger partial charge in [-0.3, -0.25) is 9.59 Å². The van der Waals surface area contributed by atoms with E-state index in [9.17, 15) is 22.8 Å². The van der Waals surface area contributed by atoms with Crippen LogP contribution in [0.1, 0.15) is 52.7 Å². The first-order valence-electron chi connectivity index (χ1n) is 10.0. The number of hydrogen-bond donors (Lipinski definition) is 1. The summed E-state index contributed by atoms with van der Waals surface area (Å²) in [5, 5.41) is 2.59. The number of rotatable bonds is 6. The van der Waals surface area contributed by atoms with Gasteiger partial charge in [-0.1, -0.05) is 12.1 Å². The number of carbonyl (C=O) groups is 2. The number of hydrogen-bond acceptors (Lipinski definition) is 3. The number of halogens is 3. The Morgan fingerprint density at radius 3 is 2.30 bits per heavy atom. The Labute approximate surface area is 174 Å². The van der Waals surface area contributed by atoms with Crippen molar-refractivity contribution < 1.29 is 22.8 Å². The predicted octanol–water partition coefficient (Wildman–Crippen LogP) is 5.52. The molecule has 2 aromatic rings. The van der Waals surface area contributed by atoms with Crippen LogP contribution in [-0.4, -0.2) is 24.8 Å². The molecule has 0 aliphatic carbocycles. The van der Waals surface area contributed by atoms with Gasteiger partial charge in [0.1, 0.15) is 0 Å². The third-order valence-electron chi connectivity index (χ3n) is 5.45. The summed E-state index contributed by atoms with van der Waals surface area (Å²) in [5.74, 6) is -0.649. The van der Waals surface area contributed by atoms with E-state index in [0.717, 1.165) is 49.2 Å². The molecule has 0 bridgehead atoms. The van der Waals surface area contributed by atoms with E-state index in [0.29, 0.717) is 11.3 Å². The first-order valence-corrected chi connectivity index (χ1v) is 10.0. The van der Waals surface area contributed by atoms with Gasteiger partial charge in [0.15, 0.2) is 5.78 Å². The normalized spacial score (nSPS) is 14.1.